The Morgan fingerprint density at radius 3 is 2.88 bits per heavy atom. The molecule has 17 heavy (non-hydrogen) atoms. The van der Waals surface area contributed by atoms with E-state index in [0.717, 1.165) is 11.4 Å². The van der Waals surface area contributed by atoms with Crippen molar-refractivity contribution in [2.24, 2.45) is 5.73 Å². The number of hydrogen-bond donors (Lipinski definition) is 2. The van der Waals surface area contributed by atoms with E-state index in [1.807, 2.05) is 0 Å². The minimum atomic E-state index is 0.518. The maximum atomic E-state index is 5.66. The van der Waals surface area contributed by atoms with Gasteiger partial charge in [0.15, 0.2) is 0 Å². The standard InChI is InChI=1S/C14H17N3/c1-9-13(8-15)16-17-14(9)12-6-5-10-3-2-4-11(10)7-12/h5-7H,2-4,8,15H2,1H3,(H,16,17). The SMILES string of the molecule is Cc1c(-c2ccc3c(c2)CCC3)n[nH]c1CN. The number of nitrogens with two attached hydrogens (primary N) is 1. The summed E-state index contributed by atoms with van der Waals surface area (Å²) in [6.45, 7) is 2.60. The van der Waals surface area contributed by atoms with Gasteiger partial charge in [0, 0.05) is 12.1 Å². The van der Waals surface area contributed by atoms with Gasteiger partial charge in [-0.2, -0.15) is 5.10 Å². The number of aryl methyl sites for hydroxylation is 2. The highest BCUT2D eigenvalue weighted by Gasteiger charge is 2.14. The van der Waals surface area contributed by atoms with Gasteiger partial charge in [0.05, 0.1) is 11.4 Å². The molecule has 0 atom stereocenters. The molecule has 0 saturated heterocycles. The van der Waals surface area contributed by atoms with Crippen LogP contribution in [0.2, 0.25) is 0 Å². The van der Waals surface area contributed by atoms with E-state index in [2.05, 4.69) is 35.3 Å². The van der Waals surface area contributed by atoms with Crippen LogP contribution in [0.25, 0.3) is 11.3 Å². The summed E-state index contributed by atoms with van der Waals surface area (Å²) < 4.78 is 0. The predicted octanol–water partition coefficient (Wildman–Crippen LogP) is 2.33. The minimum absolute atomic E-state index is 0.518. The molecule has 0 unspecified atom stereocenters. The maximum Gasteiger partial charge on any atom is 0.0953 e. The Morgan fingerprint density at radius 2 is 2.12 bits per heavy atom. The number of fused-ring (bicyclic) bond motifs is 1. The molecular formula is C14H17N3. The molecule has 1 aliphatic rings. The van der Waals surface area contributed by atoms with E-state index < -0.39 is 0 Å². The number of H-pyrrole nitrogens is 1. The van der Waals surface area contributed by atoms with Crippen LogP contribution in [0.3, 0.4) is 0 Å². The molecule has 1 aliphatic carbocycles. The van der Waals surface area contributed by atoms with E-state index >= 15 is 0 Å². The average Bonchev–Trinajstić information content (AvgIpc) is 2.94. The van der Waals surface area contributed by atoms with E-state index in [-0.39, 0.29) is 0 Å². The van der Waals surface area contributed by atoms with Gasteiger partial charge >= 0.3 is 0 Å². The van der Waals surface area contributed by atoms with Crippen molar-refractivity contribution in [1.82, 2.24) is 10.2 Å². The van der Waals surface area contributed by atoms with E-state index in [4.69, 9.17) is 5.73 Å². The van der Waals surface area contributed by atoms with Crippen LogP contribution in [0.5, 0.6) is 0 Å². The van der Waals surface area contributed by atoms with Crippen molar-refractivity contribution in [3.8, 4) is 11.3 Å². The first-order valence-electron chi connectivity index (χ1n) is 6.15. The zero-order chi connectivity index (χ0) is 11.8. The molecule has 1 aromatic heterocycles. The molecule has 3 N–H and O–H groups in total. The number of rotatable bonds is 2. The molecular weight excluding hydrogens is 210 g/mol. The van der Waals surface area contributed by atoms with Crippen LogP contribution in [0.15, 0.2) is 18.2 Å². The molecule has 3 heteroatoms. The highest BCUT2D eigenvalue weighted by atomic mass is 15.1. The second-order valence-electron chi connectivity index (χ2n) is 4.72. The summed E-state index contributed by atoms with van der Waals surface area (Å²) >= 11 is 0. The minimum Gasteiger partial charge on any atom is -0.325 e. The molecule has 0 spiro atoms. The lowest BCUT2D eigenvalue weighted by Crippen LogP contribution is -1.98. The molecule has 0 aliphatic heterocycles. The van der Waals surface area contributed by atoms with Gasteiger partial charge in [-0.3, -0.25) is 5.10 Å². The summed E-state index contributed by atoms with van der Waals surface area (Å²) in [5, 5.41) is 7.39. The lowest BCUT2D eigenvalue weighted by molar-refractivity contribution is 0.912. The fourth-order valence-corrected chi connectivity index (χ4v) is 2.63. The Bertz CT molecular complexity index is 555. The van der Waals surface area contributed by atoms with Crippen LogP contribution in [-0.2, 0) is 19.4 Å². The first-order chi connectivity index (χ1) is 8.29. The quantitative estimate of drug-likeness (QED) is 0.827. The van der Waals surface area contributed by atoms with Crippen LogP contribution < -0.4 is 5.73 Å². The molecule has 0 saturated carbocycles. The van der Waals surface area contributed by atoms with E-state index in [1.54, 1.807) is 0 Å². The van der Waals surface area contributed by atoms with Gasteiger partial charge in [0.2, 0.25) is 0 Å². The van der Waals surface area contributed by atoms with Gasteiger partial charge in [-0.05, 0) is 48.9 Å². The zero-order valence-electron chi connectivity index (χ0n) is 10.1. The van der Waals surface area contributed by atoms with Gasteiger partial charge in [0.25, 0.3) is 0 Å². The highest BCUT2D eigenvalue weighted by molar-refractivity contribution is 5.65. The van der Waals surface area contributed by atoms with Crippen LogP contribution in [0.4, 0.5) is 0 Å². The average molecular weight is 227 g/mol. The van der Waals surface area contributed by atoms with Crippen LogP contribution >= 0.6 is 0 Å². The van der Waals surface area contributed by atoms with Gasteiger partial charge in [-0.15, -0.1) is 0 Å². The number of benzene rings is 1. The van der Waals surface area contributed by atoms with Crippen molar-refractivity contribution in [1.29, 1.82) is 0 Å². The maximum absolute atomic E-state index is 5.66. The fraction of sp³-hybridized carbons (Fsp3) is 0.357. The first kappa shape index (κ1) is 10.5. The third-order valence-corrected chi connectivity index (χ3v) is 3.69. The molecule has 1 heterocycles. The number of aromatic amines is 1. The summed E-state index contributed by atoms with van der Waals surface area (Å²) in [6, 6.07) is 6.70. The fourth-order valence-electron chi connectivity index (χ4n) is 2.63. The second-order valence-corrected chi connectivity index (χ2v) is 4.72. The normalized spacial score (nSPS) is 14.0. The Labute approximate surface area is 101 Å². The van der Waals surface area contributed by atoms with Crippen molar-refractivity contribution in [3.63, 3.8) is 0 Å². The van der Waals surface area contributed by atoms with Crippen molar-refractivity contribution in [2.75, 3.05) is 0 Å². The number of nitrogens with one attached hydrogen (secondary N) is 1. The summed E-state index contributed by atoms with van der Waals surface area (Å²) in [5.74, 6) is 0. The molecule has 88 valence electrons. The monoisotopic (exact) mass is 227 g/mol. The van der Waals surface area contributed by atoms with Gasteiger partial charge in [-0.25, -0.2) is 0 Å². The van der Waals surface area contributed by atoms with E-state index in [1.165, 1.54) is 41.5 Å². The molecule has 0 radical (unpaired) electrons. The van der Waals surface area contributed by atoms with Crippen LogP contribution in [0.1, 0.15) is 28.8 Å². The number of nitrogens with zero attached hydrogens (tertiary/aromatic N) is 1. The summed E-state index contributed by atoms with van der Waals surface area (Å²) in [6.07, 6.45) is 3.71. The first-order valence-corrected chi connectivity index (χ1v) is 6.15. The summed E-state index contributed by atoms with van der Waals surface area (Å²) in [4.78, 5) is 0. The highest BCUT2D eigenvalue weighted by Crippen LogP contribution is 2.29. The van der Waals surface area contributed by atoms with Crippen molar-refractivity contribution in [2.45, 2.75) is 32.7 Å². The number of hydrogen-bond acceptors (Lipinski definition) is 2. The lowest BCUT2D eigenvalue weighted by Gasteiger charge is -2.03. The molecule has 0 bridgehead atoms. The Hall–Kier alpha value is -1.61. The van der Waals surface area contributed by atoms with Crippen LogP contribution in [0, 0.1) is 6.92 Å². The van der Waals surface area contributed by atoms with E-state index in [0.29, 0.717) is 6.54 Å². The molecule has 3 rings (SSSR count). The molecule has 3 nitrogen and oxygen atoms in total. The molecule has 0 amide bonds. The van der Waals surface area contributed by atoms with Gasteiger partial charge in [0.1, 0.15) is 0 Å². The smallest absolute Gasteiger partial charge is 0.0953 e. The summed E-state index contributed by atoms with van der Waals surface area (Å²) in [7, 11) is 0. The topological polar surface area (TPSA) is 54.7 Å². The number of aromatic nitrogens is 2. The third-order valence-electron chi connectivity index (χ3n) is 3.69. The Kier molecular flexibility index (Phi) is 2.48. The van der Waals surface area contributed by atoms with Crippen molar-refractivity contribution >= 4 is 0 Å². The van der Waals surface area contributed by atoms with Crippen LogP contribution in [-0.4, -0.2) is 10.2 Å². The Morgan fingerprint density at radius 1 is 1.29 bits per heavy atom. The van der Waals surface area contributed by atoms with Crippen molar-refractivity contribution < 1.29 is 0 Å². The second kappa shape index (κ2) is 4.00. The van der Waals surface area contributed by atoms with Gasteiger partial charge < -0.3 is 5.73 Å². The molecule has 2 aromatic rings. The molecule has 0 fully saturated rings. The lowest BCUT2D eigenvalue weighted by atomic mass is 10.0. The van der Waals surface area contributed by atoms with Gasteiger partial charge in [-0.1, -0.05) is 12.1 Å². The summed E-state index contributed by atoms with van der Waals surface area (Å²) in [5.41, 5.74) is 13.1. The zero-order valence-corrected chi connectivity index (χ0v) is 10.1. The molecule has 1 aromatic carbocycles. The largest absolute Gasteiger partial charge is 0.325 e. The Balaban J connectivity index is 2.06. The predicted molar refractivity (Wildman–Crippen MR) is 68.7 cm³/mol. The van der Waals surface area contributed by atoms with E-state index in [9.17, 15) is 0 Å². The third kappa shape index (κ3) is 1.67. The van der Waals surface area contributed by atoms with Crippen molar-refractivity contribution in [3.05, 3.63) is 40.6 Å².